The van der Waals surface area contributed by atoms with Gasteiger partial charge >= 0.3 is 0 Å². The summed E-state index contributed by atoms with van der Waals surface area (Å²) >= 11 is 4.19. The molecule has 2 aromatic rings. The van der Waals surface area contributed by atoms with E-state index in [4.69, 9.17) is 4.74 Å². The number of carbonyl (C=O) groups excluding carboxylic acids is 1. The highest BCUT2D eigenvalue weighted by Crippen LogP contribution is 2.21. The van der Waals surface area contributed by atoms with Gasteiger partial charge in [0.25, 0.3) is 5.91 Å². The van der Waals surface area contributed by atoms with Gasteiger partial charge in [-0.05, 0) is 55.0 Å². The van der Waals surface area contributed by atoms with E-state index in [1.54, 1.807) is 31.4 Å². The Morgan fingerprint density at radius 3 is 2.42 bits per heavy atom. The van der Waals surface area contributed by atoms with Gasteiger partial charge in [-0.3, -0.25) is 4.79 Å². The van der Waals surface area contributed by atoms with E-state index in [0.717, 1.165) is 21.9 Å². The molecule has 19 heavy (non-hydrogen) atoms. The van der Waals surface area contributed by atoms with Crippen LogP contribution < -0.4 is 10.1 Å². The minimum atomic E-state index is -0.137. The van der Waals surface area contributed by atoms with E-state index in [1.165, 1.54) is 0 Å². The number of hydrogen-bond acceptors (Lipinski definition) is 3. The maximum atomic E-state index is 12.1. The highest BCUT2D eigenvalue weighted by atomic mass is 32.1. The summed E-state index contributed by atoms with van der Waals surface area (Å²) in [4.78, 5) is 12.9. The molecule has 0 aliphatic rings. The first-order chi connectivity index (χ1) is 9.10. The van der Waals surface area contributed by atoms with E-state index >= 15 is 0 Å². The number of nitrogens with one attached hydrogen (secondary N) is 1. The van der Waals surface area contributed by atoms with Crippen LogP contribution in [0.15, 0.2) is 47.4 Å². The first kappa shape index (κ1) is 13.5. The number of carbonyl (C=O) groups is 1. The SMILES string of the molecule is COc1ccc(NC(=O)c2ccc(S)cc2)c(C)c1. The Labute approximate surface area is 118 Å². The number of anilines is 1. The van der Waals surface area contributed by atoms with Gasteiger partial charge in [0, 0.05) is 16.1 Å². The lowest BCUT2D eigenvalue weighted by Crippen LogP contribution is -2.12. The van der Waals surface area contributed by atoms with E-state index in [0.29, 0.717) is 5.56 Å². The van der Waals surface area contributed by atoms with Crippen LogP contribution in [0.25, 0.3) is 0 Å². The molecule has 0 aliphatic carbocycles. The molecule has 0 heterocycles. The van der Waals surface area contributed by atoms with Crippen LogP contribution in [0.1, 0.15) is 15.9 Å². The minimum Gasteiger partial charge on any atom is -0.497 e. The Kier molecular flexibility index (Phi) is 4.12. The van der Waals surface area contributed by atoms with Crippen molar-refractivity contribution in [1.82, 2.24) is 0 Å². The van der Waals surface area contributed by atoms with Crippen molar-refractivity contribution in [3.8, 4) is 5.75 Å². The fourth-order valence-corrected chi connectivity index (χ4v) is 1.86. The molecular formula is C15H15NO2S. The number of rotatable bonds is 3. The normalized spacial score (nSPS) is 10.1. The Morgan fingerprint density at radius 1 is 1.16 bits per heavy atom. The summed E-state index contributed by atoms with van der Waals surface area (Å²) in [5, 5.41) is 2.88. The first-order valence-electron chi connectivity index (χ1n) is 5.85. The molecule has 0 aromatic heterocycles. The molecule has 0 saturated carbocycles. The van der Waals surface area contributed by atoms with Crippen LogP contribution in [0.5, 0.6) is 5.75 Å². The van der Waals surface area contributed by atoms with Gasteiger partial charge in [0.1, 0.15) is 5.75 Å². The Hall–Kier alpha value is -1.94. The second-order valence-electron chi connectivity index (χ2n) is 4.18. The van der Waals surface area contributed by atoms with E-state index in [2.05, 4.69) is 17.9 Å². The van der Waals surface area contributed by atoms with E-state index < -0.39 is 0 Å². The van der Waals surface area contributed by atoms with E-state index in [9.17, 15) is 4.79 Å². The molecular weight excluding hydrogens is 258 g/mol. The van der Waals surface area contributed by atoms with Crippen LogP contribution in [0.2, 0.25) is 0 Å². The quantitative estimate of drug-likeness (QED) is 0.839. The topological polar surface area (TPSA) is 38.3 Å². The van der Waals surface area contributed by atoms with Crippen LogP contribution in [0.3, 0.4) is 0 Å². The fourth-order valence-electron chi connectivity index (χ4n) is 1.71. The minimum absolute atomic E-state index is 0.137. The molecule has 98 valence electrons. The van der Waals surface area contributed by atoms with Crippen molar-refractivity contribution in [1.29, 1.82) is 0 Å². The van der Waals surface area contributed by atoms with Gasteiger partial charge in [0.15, 0.2) is 0 Å². The van der Waals surface area contributed by atoms with Gasteiger partial charge in [-0.15, -0.1) is 12.6 Å². The van der Waals surface area contributed by atoms with Crippen molar-refractivity contribution >= 4 is 24.2 Å². The molecule has 0 atom stereocenters. The first-order valence-corrected chi connectivity index (χ1v) is 6.30. The van der Waals surface area contributed by atoms with Gasteiger partial charge < -0.3 is 10.1 Å². The molecule has 0 aliphatic heterocycles. The maximum absolute atomic E-state index is 12.1. The second-order valence-corrected chi connectivity index (χ2v) is 4.70. The average Bonchev–Trinajstić information content (AvgIpc) is 2.41. The van der Waals surface area contributed by atoms with Crippen LogP contribution >= 0.6 is 12.6 Å². The Balaban J connectivity index is 2.17. The number of aryl methyl sites for hydroxylation is 1. The lowest BCUT2D eigenvalue weighted by molar-refractivity contribution is 0.102. The molecule has 2 rings (SSSR count). The average molecular weight is 273 g/mol. The van der Waals surface area contributed by atoms with Crippen LogP contribution in [0.4, 0.5) is 5.69 Å². The molecule has 0 saturated heterocycles. The Bertz CT molecular complexity index is 594. The lowest BCUT2D eigenvalue weighted by Gasteiger charge is -2.10. The van der Waals surface area contributed by atoms with E-state index in [-0.39, 0.29) is 5.91 Å². The van der Waals surface area contributed by atoms with Crippen LogP contribution in [-0.2, 0) is 0 Å². The lowest BCUT2D eigenvalue weighted by atomic mass is 10.1. The van der Waals surface area contributed by atoms with Gasteiger partial charge in [-0.1, -0.05) is 0 Å². The van der Waals surface area contributed by atoms with Crippen molar-refractivity contribution in [3.05, 3.63) is 53.6 Å². The third kappa shape index (κ3) is 3.29. The largest absolute Gasteiger partial charge is 0.497 e. The number of ether oxygens (including phenoxy) is 1. The monoisotopic (exact) mass is 273 g/mol. The molecule has 0 radical (unpaired) electrons. The summed E-state index contributed by atoms with van der Waals surface area (Å²) in [5.74, 6) is 0.636. The van der Waals surface area contributed by atoms with Crippen molar-refractivity contribution in [2.75, 3.05) is 12.4 Å². The highest BCUT2D eigenvalue weighted by molar-refractivity contribution is 7.80. The predicted octanol–water partition coefficient (Wildman–Crippen LogP) is 3.54. The van der Waals surface area contributed by atoms with Crippen LogP contribution in [0, 0.1) is 6.92 Å². The summed E-state index contributed by atoms with van der Waals surface area (Å²) in [7, 11) is 1.62. The fraction of sp³-hybridized carbons (Fsp3) is 0.133. The van der Waals surface area contributed by atoms with E-state index in [1.807, 2.05) is 25.1 Å². The van der Waals surface area contributed by atoms with Gasteiger partial charge in [-0.2, -0.15) is 0 Å². The maximum Gasteiger partial charge on any atom is 0.255 e. The summed E-state index contributed by atoms with van der Waals surface area (Å²) in [5.41, 5.74) is 2.34. The number of benzene rings is 2. The Morgan fingerprint density at radius 2 is 1.84 bits per heavy atom. The number of hydrogen-bond donors (Lipinski definition) is 2. The zero-order valence-electron chi connectivity index (χ0n) is 10.8. The zero-order valence-corrected chi connectivity index (χ0v) is 11.7. The molecule has 1 N–H and O–H groups in total. The number of amides is 1. The van der Waals surface area contributed by atoms with Crippen LogP contribution in [-0.4, -0.2) is 13.0 Å². The summed E-state index contributed by atoms with van der Waals surface area (Å²) in [6.07, 6.45) is 0. The van der Waals surface area contributed by atoms with Crippen molar-refractivity contribution in [2.45, 2.75) is 11.8 Å². The van der Waals surface area contributed by atoms with Crippen molar-refractivity contribution < 1.29 is 9.53 Å². The van der Waals surface area contributed by atoms with Crippen molar-refractivity contribution in [2.24, 2.45) is 0 Å². The molecule has 0 unspecified atom stereocenters. The molecule has 0 spiro atoms. The molecule has 3 nitrogen and oxygen atoms in total. The smallest absolute Gasteiger partial charge is 0.255 e. The molecule has 2 aromatic carbocycles. The summed E-state index contributed by atoms with van der Waals surface area (Å²) < 4.78 is 5.13. The third-order valence-corrected chi connectivity index (χ3v) is 3.11. The van der Waals surface area contributed by atoms with Gasteiger partial charge in [0.2, 0.25) is 0 Å². The molecule has 0 fully saturated rings. The van der Waals surface area contributed by atoms with Gasteiger partial charge in [-0.25, -0.2) is 0 Å². The molecule has 4 heteroatoms. The zero-order chi connectivity index (χ0) is 13.8. The van der Waals surface area contributed by atoms with Crippen molar-refractivity contribution in [3.63, 3.8) is 0 Å². The number of methoxy groups -OCH3 is 1. The van der Waals surface area contributed by atoms with Gasteiger partial charge in [0.05, 0.1) is 7.11 Å². The second kappa shape index (κ2) is 5.80. The third-order valence-electron chi connectivity index (χ3n) is 2.81. The predicted molar refractivity (Wildman–Crippen MR) is 79.4 cm³/mol. The number of thiol groups is 1. The highest BCUT2D eigenvalue weighted by Gasteiger charge is 2.07. The summed E-state index contributed by atoms with van der Waals surface area (Å²) in [6, 6.07) is 12.6. The molecule has 0 bridgehead atoms. The summed E-state index contributed by atoms with van der Waals surface area (Å²) in [6.45, 7) is 1.93. The molecule has 1 amide bonds. The standard InChI is InChI=1S/C15H15NO2S/c1-10-9-12(18-2)5-8-14(10)16-15(17)11-3-6-13(19)7-4-11/h3-9,19H,1-2H3,(H,16,17).